The predicted molar refractivity (Wildman–Crippen MR) is 105 cm³/mol. The van der Waals surface area contributed by atoms with E-state index in [4.69, 9.17) is 9.84 Å². The molecule has 172 valence electrons. The summed E-state index contributed by atoms with van der Waals surface area (Å²) >= 11 is 0. The fraction of sp³-hybridized carbons (Fsp3) is 0.778. The van der Waals surface area contributed by atoms with Crippen LogP contribution in [-0.4, -0.2) is 125 Å². The molecule has 1 saturated heterocycles. The summed E-state index contributed by atoms with van der Waals surface area (Å²) in [5.41, 5.74) is -0.698. The quantitative estimate of drug-likeness (QED) is 0.374. The van der Waals surface area contributed by atoms with Crippen LogP contribution in [-0.2, 0) is 19.1 Å². The number of alkyl carbamates (subject to hydrolysis) is 1. The summed E-state index contributed by atoms with van der Waals surface area (Å²) in [4.78, 5) is 50.6. The molecule has 1 unspecified atom stereocenters. The van der Waals surface area contributed by atoms with E-state index in [2.05, 4.69) is 5.32 Å². The molecule has 12 nitrogen and oxygen atoms in total. The number of ether oxygens (including phenoxy) is 1. The van der Waals surface area contributed by atoms with Crippen molar-refractivity contribution in [1.82, 2.24) is 20.0 Å². The third-order valence-electron chi connectivity index (χ3n) is 4.36. The van der Waals surface area contributed by atoms with Crippen molar-refractivity contribution >= 4 is 24.0 Å². The lowest BCUT2D eigenvalue weighted by atomic mass is 10.2. The molecule has 0 aromatic heterocycles. The van der Waals surface area contributed by atoms with E-state index in [1.165, 1.54) is 0 Å². The minimum absolute atomic E-state index is 0.0528. The van der Waals surface area contributed by atoms with E-state index in [0.717, 1.165) is 0 Å². The summed E-state index contributed by atoms with van der Waals surface area (Å²) in [5, 5.41) is 30.2. The van der Waals surface area contributed by atoms with Crippen LogP contribution >= 0.6 is 0 Å². The highest BCUT2D eigenvalue weighted by Gasteiger charge is 2.28. The lowest BCUT2D eigenvalue weighted by Gasteiger charge is -2.33. The Morgan fingerprint density at radius 2 is 1.37 bits per heavy atom. The molecule has 1 aliphatic rings. The zero-order valence-electron chi connectivity index (χ0n) is 17.7. The Kier molecular flexibility index (Phi) is 9.96. The molecular weight excluding hydrogens is 400 g/mol. The average Bonchev–Trinajstić information content (AvgIpc) is 2.62. The fourth-order valence-corrected chi connectivity index (χ4v) is 3.13. The number of rotatable bonds is 8. The van der Waals surface area contributed by atoms with E-state index >= 15 is 0 Å². The van der Waals surface area contributed by atoms with E-state index < -0.39 is 35.6 Å². The summed E-state index contributed by atoms with van der Waals surface area (Å²) < 4.78 is 5.21. The van der Waals surface area contributed by atoms with Gasteiger partial charge in [0, 0.05) is 45.3 Å². The Balaban J connectivity index is 3.00. The lowest BCUT2D eigenvalue weighted by molar-refractivity contribution is -0.140. The number of nitrogens with one attached hydrogen (secondary N) is 1. The third-order valence-corrected chi connectivity index (χ3v) is 4.36. The van der Waals surface area contributed by atoms with Crippen LogP contribution in [0.3, 0.4) is 0 Å². The van der Waals surface area contributed by atoms with Gasteiger partial charge in [-0.25, -0.2) is 4.79 Å². The molecule has 0 aliphatic carbocycles. The van der Waals surface area contributed by atoms with Gasteiger partial charge in [0.1, 0.15) is 5.60 Å². The molecule has 1 atom stereocenters. The zero-order chi connectivity index (χ0) is 22.9. The molecule has 0 radical (unpaired) electrons. The van der Waals surface area contributed by atoms with Gasteiger partial charge in [0.15, 0.2) is 0 Å². The smallest absolute Gasteiger partial charge is 0.407 e. The van der Waals surface area contributed by atoms with Crippen molar-refractivity contribution in [2.75, 3.05) is 58.9 Å². The van der Waals surface area contributed by atoms with Crippen LogP contribution in [0.15, 0.2) is 0 Å². The van der Waals surface area contributed by atoms with Gasteiger partial charge < -0.3 is 25.4 Å². The monoisotopic (exact) mass is 432 g/mol. The molecule has 30 heavy (non-hydrogen) atoms. The highest BCUT2D eigenvalue weighted by atomic mass is 16.6. The molecule has 0 bridgehead atoms. The van der Waals surface area contributed by atoms with Crippen molar-refractivity contribution in [3.8, 4) is 0 Å². The van der Waals surface area contributed by atoms with Gasteiger partial charge in [-0.05, 0) is 20.8 Å². The molecular formula is C18H32N4O8. The summed E-state index contributed by atoms with van der Waals surface area (Å²) in [6, 6.07) is -0.502. The van der Waals surface area contributed by atoms with Gasteiger partial charge in [0.25, 0.3) is 0 Å². The molecule has 0 saturated carbocycles. The van der Waals surface area contributed by atoms with E-state index in [0.29, 0.717) is 19.6 Å². The molecule has 0 aromatic carbocycles. The van der Waals surface area contributed by atoms with Crippen LogP contribution < -0.4 is 5.32 Å². The maximum absolute atomic E-state index is 12.0. The Morgan fingerprint density at radius 3 is 1.90 bits per heavy atom. The minimum atomic E-state index is -1.08. The van der Waals surface area contributed by atoms with Gasteiger partial charge >= 0.3 is 24.0 Å². The van der Waals surface area contributed by atoms with Crippen LogP contribution in [0.25, 0.3) is 0 Å². The summed E-state index contributed by atoms with van der Waals surface area (Å²) in [6.07, 6.45) is -0.657. The van der Waals surface area contributed by atoms with Crippen LogP contribution in [0.4, 0.5) is 4.79 Å². The van der Waals surface area contributed by atoms with Crippen molar-refractivity contribution in [3.63, 3.8) is 0 Å². The number of hydrogen-bond acceptors (Lipinski definition) is 8. The maximum atomic E-state index is 12.0. The summed E-state index contributed by atoms with van der Waals surface area (Å²) in [5.74, 6) is -3.15. The topological polar surface area (TPSA) is 160 Å². The van der Waals surface area contributed by atoms with Crippen LogP contribution in [0.2, 0.25) is 0 Å². The van der Waals surface area contributed by atoms with Crippen LogP contribution in [0.5, 0.6) is 0 Å². The molecule has 0 spiro atoms. The number of amides is 1. The first-order chi connectivity index (χ1) is 13.9. The molecule has 0 aromatic rings. The van der Waals surface area contributed by atoms with Crippen LogP contribution in [0, 0.1) is 0 Å². The number of carboxylic acids is 3. The second-order valence-electron chi connectivity index (χ2n) is 8.20. The minimum Gasteiger partial charge on any atom is -0.480 e. The van der Waals surface area contributed by atoms with Gasteiger partial charge in [-0.15, -0.1) is 0 Å². The number of aliphatic carboxylic acids is 3. The Bertz CT molecular complexity index is 622. The summed E-state index contributed by atoms with van der Waals surface area (Å²) in [7, 11) is 0. The lowest BCUT2D eigenvalue weighted by Crippen LogP contribution is -2.53. The van der Waals surface area contributed by atoms with E-state index in [9.17, 15) is 29.4 Å². The molecule has 12 heteroatoms. The van der Waals surface area contributed by atoms with Crippen molar-refractivity contribution in [3.05, 3.63) is 0 Å². The van der Waals surface area contributed by atoms with Crippen molar-refractivity contribution in [2.45, 2.75) is 32.4 Å². The van der Waals surface area contributed by atoms with Gasteiger partial charge in [-0.1, -0.05) is 0 Å². The highest BCUT2D eigenvalue weighted by Crippen LogP contribution is 2.09. The first kappa shape index (κ1) is 25.6. The molecule has 1 rings (SSSR count). The van der Waals surface area contributed by atoms with Crippen molar-refractivity contribution in [2.24, 2.45) is 0 Å². The number of carboxylic acid groups (broad SMARTS) is 3. The molecule has 1 amide bonds. The normalized spacial score (nSPS) is 19.9. The van der Waals surface area contributed by atoms with Crippen LogP contribution in [0.1, 0.15) is 20.8 Å². The summed E-state index contributed by atoms with van der Waals surface area (Å²) in [6.45, 7) is 5.71. The van der Waals surface area contributed by atoms with E-state index in [-0.39, 0.29) is 39.3 Å². The molecule has 1 heterocycles. The Hall–Kier alpha value is -2.44. The third kappa shape index (κ3) is 10.9. The second kappa shape index (κ2) is 11.7. The number of carbonyl (C=O) groups excluding carboxylic acids is 1. The first-order valence-electron chi connectivity index (χ1n) is 9.66. The SMILES string of the molecule is CC(C)(C)OC(=O)NCC1CN(CC(=O)O)CCN(CC(=O)O)CCN1CC(=O)O. The second-order valence-corrected chi connectivity index (χ2v) is 8.20. The molecule has 4 N–H and O–H groups in total. The average molecular weight is 432 g/mol. The van der Waals surface area contributed by atoms with Gasteiger partial charge in [0.05, 0.1) is 19.6 Å². The van der Waals surface area contributed by atoms with Crippen molar-refractivity contribution in [1.29, 1.82) is 0 Å². The van der Waals surface area contributed by atoms with Gasteiger partial charge in [-0.2, -0.15) is 0 Å². The molecule has 1 aliphatic heterocycles. The van der Waals surface area contributed by atoms with E-state index in [1.54, 1.807) is 35.5 Å². The zero-order valence-corrected chi connectivity index (χ0v) is 17.7. The standard InChI is InChI=1S/C18H32N4O8/c1-18(2,3)30-17(29)19-8-13-9-21(11-15(25)26)5-4-20(10-14(23)24)6-7-22(13)12-16(27)28/h13H,4-12H2,1-3H3,(H,19,29)(H,23,24)(H,25,26)(H,27,28). The maximum Gasteiger partial charge on any atom is 0.407 e. The first-order valence-corrected chi connectivity index (χ1v) is 9.66. The molecule has 1 fully saturated rings. The van der Waals surface area contributed by atoms with Crippen molar-refractivity contribution < 1.29 is 39.2 Å². The fourth-order valence-electron chi connectivity index (χ4n) is 3.13. The largest absolute Gasteiger partial charge is 0.480 e. The highest BCUT2D eigenvalue weighted by molar-refractivity contribution is 5.70. The number of nitrogens with zero attached hydrogens (tertiary/aromatic N) is 3. The van der Waals surface area contributed by atoms with Gasteiger partial charge in [0.2, 0.25) is 0 Å². The number of carbonyl (C=O) groups is 4. The Morgan fingerprint density at radius 1 is 0.867 bits per heavy atom. The van der Waals surface area contributed by atoms with E-state index in [1.807, 2.05) is 0 Å². The van der Waals surface area contributed by atoms with Gasteiger partial charge in [-0.3, -0.25) is 29.1 Å². The predicted octanol–water partition coefficient (Wildman–Crippen LogP) is -0.947. The number of hydrogen-bond donors (Lipinski definition) is 4. The Labute approximate surface area is 175 Å².